The van der Waals surface area contributed by atoms with Crippen LogP contribution in [-0.2, 0) is 0 Å². The number of alkyl halides is 3. The van der Waals surface area contributed by atoms with Crippen LogP contribution in [0.2, 0.25) is 0 Å². The molecule has 0 saturated heterocycles. The molecule has 0 nitrogen and oxygen atoms in total. The molecule has 3 heteroatoms. The predicted octanol–water partition coefficient (Wildman–Crippen LogP) is 4.01. The van der Waals surface area contributed by atoms with Crippen molar-refractivity contribution < 1.29 is 13.2 Å². The van der Waals surface area contributed by atoms with E-state index in [2.05, 4.69) is 0 Å². The maximum Gasteiger partial charge on any atom is 0.391 e. The average Bonchev–Trinajstić information content (AvgIpc) is 1.97. The first-order valence-electron chi connectivity index (χ1n) is 4.48. The monoisotopic (exact) mass is 182 g/mol. The van der Waals surface area contributed by atoms with Gasteiger partial charge in [-0.2, -0.15) is 13.2 Å². The van der Waals surface area contributed by atoms with E-state index in [1.807, 2.05) is 13.8 Å². The molecule has 0 radical (unpaired) electrons. The first kappa shape index (κ1) is 11.8. The van der Waals surface area contributed by atoms with Gasteiger partial charge in [0.25, 0.3) is 0 Å². The summed E-state index contributed by atoms with van der Waals surface area (Å²) < 4.78 is 36.7. The lowest BCUT2D eigenvalue weighted by molar-refractivity contribution is -0.179. The summed E-state index contributed by atoms with van der Waals surface area (Å²) in [6.07, 6.45) is -2.70. The van der Waals surface area contributed by atoms with Gasteiger partial charge in [0.05, 0.1) is 5.92 Å². The lowest BCUT2D eigenvalue weighted by atomic mass is 9.92. The zero-order chi connectivity index (χ0) is 9.78. The van der Waals surface area contributed by atoms with E-state index in [4.69, 9.17) is 0 Å². The van der Waals surface area contributed by atoms with Crippen molar-refractivity contribution in [2.45, 2.75) is 46.2 Å². The number of halogens is 3. The van der Waals surface area contributed by atoms with Gasteiger partial charge in [0, 0.05) is 0 Å². The van der Waals surface area contributed by atoms with Gasteiger partial charge in [0.1, 0.15) is 0 Å². The zero-order valence-electron chi connectivity index (χ0n) is 7.91. The minimum Gasteiger partial charge on any atom is -0.171 e. The summed E-state index contributed by atoms with van der Waals surface area (Å²) in [6.45, 7) is 5.39. The highest BCUT2D eigenvalue weighted by Gasteiger charge is 2.38. The lowest BCUT2D eigenvalue weighted by Gasteiger charge is -2.21. The average molecular weight is 182 g/mol. The normalized spacial score (nSPS) is 17.5. The Morgan fingerprint density at radius 2 is 1.58 bits per heavy atom. The molecule has 0 heterocycles. The van der Waals surface area contributed by atoms with Gasteiger partial charge in [0.2, 0.25) is 0 Å². The molecule has 0 rings (SSSR count). The molecule has 2 atom stereocenters. The number of rotatable bonds is 4. The second kappa shape index (κ2) is 4.73. The summed E-state index contributed by atoms with van der Waals surface area (Å²) in [6, 6.07) is 0. The summed E-state index contributed by atoms with van der Waals surface area (Å²) in [5, 5.41) is 0. The predicted molar refractivity (Wildman–Crippen MR) is 43.9 cm³/mol. The van der Waals surface area contributed by atoms with Crippen molar-refractivity contribution in [3.63, 3.8) is 0 Å². The van der Waals surface area contributed by atoms with Gasteiger partial charge in [-0.1, -0.05) is 27.2 Å². The molecule has 0 aliphatic heterocycles. The summed E-state index contributed by atoms with van der Waals surface area (Å²) >= 11 is 0. The van der Waals surface area contributed by atoms with E-state index in [0.717, 1.165) is 6.42 Å². The van der Waals surface area contributed by atoms with E-state index in [0.29, 0.717) is 0 Å². The Morgan fingerprint density at radius 1 is 1.08 bits per heavy atom. The van der Waals surface area contributed by atoms with Crippen LogP contribution in [0.4, 0.5) is 13.2 Å². The van der Waals surface area contributed by atoms with Crippen molar-refractivity contribution in [1.29, 1.82) is 0 Å². The SMILES string of the molecule is CCC(C)CC(CC)C(F)(F)F. The Bertz CT molecular complexity index is 117. The minimum atomic E-state index is -4.00. The fourth-order valence-electron chi connectivity index (χ4n) is 1.18. The van der Waals surface area contributed by atoms with Crippen molar-refractivity contribution in [3.8, 4) is 0 Å². The van der Waals surface area contributed by atoms with Gasteiger partial charge in [0.15, 0.2) is 0 Å². The molecule has 74 valence electrons. The molecular weight excluding hydrogens is 165 g/mol. The van der Waals surface area contributed by atoms with Crippen LogP contribution in [0.1, 0.15) is 40.0 Å². The van der Waals surface area contributed by atoms with Crippen molar-refractivity contribution in [3.05, 3.63) is 0 Å². The van der Waals surface area contributed by atoms with Crippen LogP contribution in [0.3, 0.4) is 0 Å². The van der Waals surface area contributed by atoms with E-state index < -0.39 is 12.1 Å². The molecule has 0 aromatic carbocycles. The molecule has 0 bridgehead atoms. The lowest BCUT2D eigenvalue weighted by Crippen LogP contribution is -2.24. The standard InChI is InChI=1S/C9H17F3/c1-4-7(3)6-8(5-2)9(10,11)12/h7-8H,4-6H2,1-3H3. The Labute approximate surface area is 72.2 Å². The highest BCUT2D eigenvalue weighted by Crippen LogP contribution is 2.33. The Hall–Kier alpha value is -0.210. The zero-order valence-corrected chi connectivity index (χ0v) is 7.91. The van der Waals surface area contributed by atoms with Crippen molar-refractivity contribution >= 4 is 0 Å². The highest BCUT2D eigenvalue weighted by molar-refractivity contribution is 4.68. The molecule has 0 amide bonds. The summed E-state index contributed by atoms with van der Waals surface area (Å²) in [5.74, 6) is -0.927. The molecule has 12 heavy (non-hydrogen) atoms. The number of hydrogen-bond acceptors (Lipinski definition) is 0. The molecule has 0 saturated carbocycles. The molecule has 0 fully saturated rings. The van der Waals surface area contributed by atoms with Crippen LogP contribution in [0.25, 0.3) is 0 Å². The third-order valence-corrected chi connectivity index (χ3v) is 2.34. The van der Waals surface area contributed by atoms with Gasteiger partial charge in [-0.05, 0) is 18.8 Å². The van der Waals surface area contributed by atoms with Crippen LogP contribution in [0, 0.1) is 11.8 Å². The van der Waals surface area contributed by atoms with E-state index in [-0.39, 0.29) is 18.8 Å². The maximum atomic E-state index is 12.2. The Balaban J connectivity index is 4.00. The molecule has 0 N–H and O–H groups in total. The fourth-order valence-corrected chi connectivity index (χ4v) is 1.18. The largest absolute Gasteiger partial charge is 0.391 e. The molecule has 0 spiro atoms. The Kier molecular flexibility index (Phi) is 4.64. The molecular formula is C9H17F3. The van der Waals surface area contributed by atoms with Gasteiger partial charge < -0.3 is 0 Å². The molecule has 0 aliphatic rings. The maximum absolute atomic E-state index is 12.2. The second-order valence-corrected chi connectivity index (χ2v) is 3.40. The molecule has 2 unspecified atom stereocenters. The van der Waals surface area contributed by atoms with Crippen molar-refractivity contribution in [2.75, 3.05) is 0 Å². The van der Waals surface area contributed by atoms with Crippen molar-refractivity contribution in [1.82, 2.24) is 0 Å². The van der Waals surface area contributed by atoms with Crippen molar-refractivity contribution in [2.24, 2.45) is 11.8 Å². The quantitative estimate of drug-likeness (QED) is 0.616. The smallest absolute Gasteiger partial charge is 0.171 e. The highest BCUT2D eigenvalue weighted by atomic mass is 19.4. The van der Waals surface area contributed by atoms with Gasteiger partial charge in [-0.15, -0.1) is 0 Å². The molecule has 0 aliphatic carbocycles. The van der Waals surface area contributed by atoms with E-state index in [9.17, 15) is 13.2 Å². The second-order valence-electron chi connectivity index (χ2n) is 3.40. The first-order chi connectivity index (χ1) is 5.41. The topological polar surface area (TPSA) is 0 Å². The van der Waals surface area contributed by atoms with Crippen LogP contribution in [0.5, 0.6) is 0 Å². The fraction of sp³-hybridized carbons (Fsp3) is 1.00. The first-order valence-corrected chi connectivity index (χ1v) is 4.48. The van der Waals surface area contributed by atoms with Gasteiger partial charge >= 0.3 is 6.18 Å². The van der Waals surface area contributed by atoms with Gasteiger partial charge in [-0.3, -0.25) is 0 Å². The van der Waals surface area contributed by atoms with Gasteiger partial charge in [-0.25, -0.2) is 0 Å². The summed E-state index contributed by atoms with van der Waals surface area (Å²) in [7, 11) is 0. The third kappa shape index (κ3) is 3.98. The van der Waals surface area contributed by atoms with Crippen LogP contribution < -0.4 is 0 Å². The van der Waals surface area contributed by atoms with Crippen LogP contribution in [0.15, 0.2) is 0 Å². The minimum absolute atomic E-state index is 0.177. The van der Waals surface area contributed by atoms with E-state index in [1.54, 1.807) is 6.92 Å². The van der Waals surface area contributed by atoms with Crippen LogP contribution >= 0.6 is 0 Å². The van der Waals surface area contributed by atoms with E-state index >= 15 is 0 Å². The molecule has 0 aromatic rings. The third-order valence-electron chi connectivity index (χ3n) is 2.34. The summed E-state index contributed by atoms with van der Waals surface area (Å²) in [4.78, 5) is 0. The Morgan fingerprint density at radius 3 is 1.83 bits per heavy atom. The van der Waals surface area contributed by atoms with Crippen LogP contribution in [-0.4, -0.2) is 6.18 Å². The summed E-state index contributed by atoms with van der Waals surface area (Å²) in [5.41, 5.74) is 0. The molecule has 0 aromatic heterocycles. The number of hydrogen-bond donors (Lipinski definition) is 0. The van der Waals surface area contributed by atoms with E-state index in [1.165, 1.54) is 0 Å².